The molecule has 1 saturated heterocycles. The number of hydrogen-bond donors (Lipinski definition) is 2. The largest absolute Gasteiger partial charge is 0.495 e. The lowest BCUT2D eigenvalue weighted by Gasteiger charge is -2.24. The quantitative estimate of drug-likeness (QED) is 0.754. The fraction of sp³-hybridized carbons (Fsp3) is 0.250. The van der Waals surface area contributed by atoms with E-state index in [2.05, 4.69) is 10.6 Å². The van der Waals surface area contributed by atoms with Gasteiger partial charge in [0.15, 0.2) is 0 Å². The van der Waals surface area contributed by atoms with Crippen LogP contribution in [0.25, 0.3) is 0 Å². The first-order valence-electron chi connectivity index (χ1n) is 8.60. The molecule has 0 bridgehead atoms. The van der Waals surface area contributed by atoms with E-state index in [1.807, 2.05) is 19.1 Å². The van der Waals surface area contributed by atoms with Crippen LogP contribution in [-0.4, -0.2) is 36.4 Å². The number of nitrogens with zero attached hydrogens (tertiary/aromatic N) is 1. The number of carbonyl (C=O) groups excluding carboxylic acids is 3. The van der Waals surface area contributed by atoms with Crippen molar-refractivity contribution in [3.05, 3.63) is 58.6 Å². The molecule has 7 nitrogen and oxygen atoms in total. The van der Waals surface area contributed by atoms with Crippen LogP contribution in [-0.2, 0) is 15.1 Å². The van der Waals surface area contributed by atoms with Gasteiger partial charge in [-0.25, -0.2) is 4.79 Å². The van der Waals surface area contributed by atoms with Gasteiger partial charge in [0.05, 0.1) is 12.8 Å². The summed E-state index contributed by atoms with van der Waals surface area (Å²) in [5.41, 5.74) is 0.686. The van der Waals surface area contributed by atoms with Crippen molar-refractivity contribution in [1.82, 2.24) is 10.2 Å². The second kappa shape index (κ2) is 7.52. The minimum absolute atomic E-state index is 0.355. The van der Waals surface area contributed by atoms with Crippen molar-refractivity contribution < 1.29 is 19.1 Å². The molecule has 0 saturated carbocycles. The predicted molar refractivity (Wildman–Crippen MR) is 105 cm³/mol. The molecule has 0 aliphatic carbocycles. The molecule has 28 heavy (non-hydrogen) atoms. The number of urea groups is 1. The maximum absolute atomic E-state index is 13.0. The van der Waals surface area contributed by atoms with Crippen LogP contribution in [0.2, 0.25) is 5.02 Å². The molecule has 1 heterocycles. The molecule has 2 aromatic rings. The third-order valence-corrected chi connectivity index (χ3v) is 4.93. The Bertz CT molecular complexity index is 962. The zero-order chi connectivity index (χ0) is 20.5. The summed E-state index contributed by atoms with van der Waals surface area (Å²) in [4.78, 5) is 38.8. The second-order valence-corrected chi connectivity index (χ2v) is 7.09. The number of nitrogens with one attached hydrogen (secondary N) is 2. The fourth-order valence-electron chi connectivity index (χ4n) is 3.27. The zero-order valence-corrected chi connectivity index (χ0v) is 16.5. The number of benzene rings is 2. The number of ether oxygens (including phenoxy) is 1. The monoisotopic (exact) mass is 401 g/mol. The van der Waals surface area contributed by atoms with Gasteiger partial charge < -0.3 is 15.4 Å². The number of halogens is 1. The number of hydrogen-bond acceptors (Lipinski definition) is 4. The standard InChI is InChI=1S/C20H20ClN3O4/c1-12-6-4-5-7-14(12)20(2)18(26)24(19(27)23-20)11-17(25)22-15-10-13(21)8-9-16(15)28-3/h4-10H,11H2,1-3H3,(H,22,25)(H,23,27). The van der Waals surface area contributed by atoms with Crippen LogP contribution in [0.1, 0.15) is 18.1 Å². The topological polar surface area (TPSA) is 87.7 Å². The predicted octanol–water partition coefficient (Wildman–Crippen LogP) is 3.06. The number of rotatable bonds is 5. The summed E-state index contributed by atoms with van der Waals surface area (Å²) < 4.78 is 5.18. The van der Waals surface area contributed by atoms with Crippen molar-refractivity contribution in [2.75, 3.05) is 19.0 Å². The van der Waals surface area contributed by atoms with Crippen molar-refractivity contribution in [1.29, 1.82) is 0 Å². The third-order valence-electron chi connectivity index (χ3n) is 4.70. The molecular weight excluding hydrogens is 382 g/mol. The van der Waals surface area contributed by atoms with Crippen LogP contribution in [0.3, 0.4) is 0 Å². The lowest BCUT2D eigenvalue weighted by Crippen LogP contribution is -2.42. The van der Waals surface area contributed by atoms with E-state index in [1.165, 1.54) is 13.2 Å². The Morgan fingerprint density at radius 1 is 1.25 bits per heavy atom. The van der Waals surface area contributed by atoms with Crippen molar-refractivity contribution in [2.45, 2.75) is 19.4 Å². The van der Waals surface area contributed by atoms with Crippen LogP contribution in [0, 0.1) is 6.92 Å². The first-order chi connectivity index (χ1) is 13.3. The Balaban J connectivity index is 1.79. The lowest BCUT2D eigenvalue weighted by molar-refractivity contribution is -0.133. The molecular formula is C20H20ClN3O4. The summed E-state index contributed by atoms with van der Waals surface area (Å²) >= 11 is 5.96. The number of anilines is 1. The molecule has 0 radical (unpaired) electrons. The lowest BCUT2D eigenvalue weighted by atomic mass is 9.88. The maximum Gasteiger partial charge on any atom is 0.325 e. The van der Waals surface area contributed by atoms with Gasteiger partial charge >= 0.3 is 6.03 Å². The van der Waals surface area contributed by atoms with E-state index in [0.717, 1.165) is 10.5 Å². The highest BCUT2D eigenvalue weighted by Gasteiger charge is 2.50. The molecule has 1 atom stereocenters. The van der Waals surface area contributed by atoms with Crippen LogP contribution in [0.5, 0.6) is 5.75 Å². The molecule has 3 rings (SSSR count). The summed E-state index contributed by atoms with van der Waals surface area (Å²) in [5, 5.41) is 5.74. The van der Waals surface area contributed by atoms with E-state index < -0.39 is 29.9 Å². The smallest absolute Gasteiger partial charge is 0.325 e. The molecule has 8 heteroatoms. The Labute approximate surface area is 167 Å². The van der Waals surface area contributed by atoms with Gasteiger partial charge in [0.1, 0.15) is 17.8 Å². The van der Waals surface area contributed by atoms with Crippen LogP contribution >= 0.6 is 11.6 Å². The van der Waals surface area contributed by atoms with Crippen LogP contribution < -0.4 is 15.4 Å². The number of aryl methyl sites for hydroxylation is 1. The molecule has 1 aliphatic rings. The first kappa shape index (κ1) is 19.7. The van der Waals surface area contributed by atoms with E-state index in [4.69, 9.17) is 16.3 Å². The highest BCUT2D eigenvalue weighted by Crippen LogP contribution is 2.31. The minimum Gasteiger partial charge on any atom is -0.495 e. The van der Waals surface area contributed by atoms with E-state index in [9.17, 15) is 14.4 Å². The van der Waals surface area contributed by atoms with Crippen molar-refractivity contribution in [3.63, 3.8) is 0 Å². The average Bonchev–Trinajstić information content (AvgIpc) is 2.86. The molecule has 1 unspecified atom stereocenters. The highest BCUT2D eigenvalue weighted by molar-refractivity contribution is 6.31. The number of carbonyl (C=O) groups is 3. The van der Waals surface area contributed by atoms with Crippen molar-refractivity contribution >= 4 is 35.1 Å². The molecule has 0 spiro atoms. The van der Waals surface area contributed by atoms with E-state index in [0.29, 0.717) is 22.0 Å². The summed E-state index contributed by atoms with van der Waals surface area (Å²) in [6, 6.07) is 11.4. The van der Waals surface area contributed by atoms with Gasteiger partial charge in [-0.3, -0.25) is 14.5 Å². The van der Waals surface area contributed by atoms with Crippen LogP contribution in [0.4, 0.5) is 10.5 Å². The normalized spacial score (nSPS) is 18.8. The molecule has 0 aromatic heterocycles. The van der Waals surface area contributed by atoms with Gasteiger partial charge in [-0.1, -0.05) is 35.9 Å². The molecule has 1 fully saturated rings. The van der Waals surface area contributed by atoms with Crippen molar-refractivity contribution in [3.8, 4) is 5.75 Å². The Hall–Kier alpha value is -3.06. The van der Waals surface area contributed by atoms with Gasteiger partial charge in [0.2, 0.25) is 5.91 Å². The average molecular weight is 402 g/mol. The fourth-order valence-corrected chi connectivity index (χ4v) is 3.44. The van der Waals surface area contributed by atoms with Gasteiger partial charge in [0.25, 0.3) is 5.91 Å². The van der Waals surface area contributed by atoms with Crippen molar-refractivity contribution in [2.24, 2.45) is 0 Å². The Morgan fingerprint density at radius 3 is 2.64 bits per heavy atom. The molecule has 2 aromatic carbocycles. The summed E-state index contributed by atoms with van der Waals surface area (Å²) in [5.74, 6) is -0.613. The highest BCUT2D eigenvalue weighted by atomic mass is 35.5. The first-order valence-corrected chi connectivity index (χ1v) is 8.97. The van der Waals surface area contributed by atoms with Gasteiger partial charge in [0, 0.05) is 5.02 Å². The molecule has 146 valence electrons. The molecule has 1 aliphatic heterocycles. The molecule has 4 amide bonds. The Morgan fingerprint density at radius 2 is 1.96 bits per heavy atom. The Kier molecular flexibility index (Phi) is 5.29. The van der Waals surface area contributed by atoms with E-state index >= 15 is 0 Å². The number of methoxy groups -OCH3 is 1. The minimum atomic E-state index is -1.23. The third kappa shape index (κ3) is 3.53. The number of imide groups is 1. The van der Waals surface area contributed by atoms with E-state index in [1.54, 1.807) is 31.2 Å². The second-order valence-electron chi connectivity index (χ2n) is 6.65. The summed E-state index contributed by atoms with van der Waals surface area (Å²) in [7, 11) is 1.46. The van der Waals surface area contributed by atoms with E-state index in [-0.39, 0.29) is 0 Å². The SMILES string of the molecule is COc1ccc(Cl)cc1NC(=O)CN1C(=O)NC(C)(c2ccccc2C)C1=O. The summed E-state index contributed by atoms with van der Waals surface area (Å²) in [6.07, 6.45) is 0. The van der Waals surface area contributed by atoms with Gasteiger partial charge in [-0.05, 0) is 43.2 Å². The maximum atomic E-state index is 13.0. The van der Waals surface area contributed by atoms with Crippen LogP contribution in [0.15, 0.2) is 42.5 Å². The van der Waals surface area contributed by atoms with Gasteiger partial charge in [-0.2, -0.15) is 0 Å². The molecule has 2 N–H and O–H groups in total. The van der Waals surface area contributed by atoms with Gasteiger partial charge in [-0.15, -0.1) is 0 Å². The number of amides is 4. The summed E-state index contributed by atoms with van der Waals surface area (Å²) in [6.45, 7) is 3.07. The zero-order valence-electron chi connectivity index (χ0n) is 15.7.